The van der Waals surface area contributed by atoms with Crippen LogP contribution < -0.4 is 4.57 Å². The second-order valence-electron chi connectivity index (χ2n) is 3.88. The molecule has 0 aliphatic carbocycles. The van der Waals surface area contributed by atoms with E-state index in [0.717, 1.165) is 0 Å². The zero-order valence-electron chi connectivity index (χ0n) is 7.76. The molecule has 1 aromatic rings. The van der Waals surface area contributed by atoms with Crippen LogP contribution in [0.1, 0.15) is 33.9 Å². The van der Waals surface area contributed by atoms with E-state index in [2.05, 4.69) is 56.7 Å². The normalized spacial score (nSPS) is 10.7. The van der Waals surface area contributed by atoms with Gasteiger partial charge in [0.1, 0.15) is 0 Å². The van der Waals surface area contributed by atoms with Crippen molar-refractivity contribution >= 4 is 0 Å². The van der Waals surface area contributed by atoms with Gasteiger partial charge in [-0.25, -0.2) is 0 Å². The number of pyridine rings is 1. The van der Waals surface area contributed by atoms with E-state index in [0.29, 0.717) is 0 Å². The van der Waals surface area contributed by atoms with Gasteiger partial charge in [-0.05, 0) is 0 Å². The monoisotopic (exact) mass is 166 g/mol. The molecular weight excluding hydrogens is 146 g/mol. The Labute approximate surface area is 76.1 Å². The van der Waals surface area contributed by atoms with Crippen LogP contribution in [0.2, 0.25) is 0 Å². The molecule has 68 valence electrons. The maximum absolute atomic E-state index is 2.27. The third kappa shape index (κ3) is 2.33. The summed E-state index contributed by atoms with van der Waals surface area (Å²) in [7, 11) is 0. The van der Waals surface area contributed by atoms with Gasteiger partial charge in [-0.3, -0.25) is 0 Å². The van der Waals surface area contributed by atoms with Gasteiger partial charge in [0.05, 0.1) is 0 Å². The van der Waals surface area contributed by atoms with Gasteiger partial charge in [0.15, 0.2) is 17.4 Å². The molecule has 0 saturated heterocycles. The average Bonchev–Trinajstić information content (AvgIpc) is 1.86. The summed E-state index contributed by atoms with van der Waals surface area (Å²) < 4.78 is 2.27. The zero-order chi connectivity index (χ0) is 8.48. The first-order valence-corrected chi connectivity index (χ1v) is 3.99. The summed E-state index contributed by atoms with van der Waals surface area (Å²) in [5.41, 5.74) is 1.51. The van der Waals surface area contributed by atoms with Crippen LogP contribution in [0.3, 0.4) is 0 Å². The van der Waals surface area contributed by atoms with E-state index in [1.807, 2.05) is 0 Å². The Morgan fingerprint density at radius 2 is 1.75 bits per heavy atom. The maximum Gasteiger partial charge on any atom is 0.178 e. The molecule has 0 saturated carbocycles. The fraction of sp³-hybridized carbons (Fsp3) is 0.545. The van der Waals surface area contributed by atoms with E-state index in [1.165, 1.54) is 5.69 Å². The summed E-state index contributed by atoms with van der Waals surface area (Å²) in [6.07, 6.45) is 2.12. The third-order valence-corrected chi connectivity index (χ3v) is 1.79. The smallest absolute Gasteiger partial charge is 0.178 e. The second-order valence-corrected chi connectivity index (χ2v) is 3.88. The first-order valence-electron chi connectivity index (χ1n) is 3.99. The Morgan fingerprint density at radius 1 is 1.17 bits per heavy atom. The van der Waals surface area contributed by atoms with E-state index in [9.17, 15) is 0 Å². The Morgan fingerprint density at radius 3 is 2.08 bits per heavy atom. The lowest BCUT2D eigenvalue weighted by atomic mass is 10.1. The average molecular weight is 166 g/mol. The highest BCUT2D eigenvalue weighted by Gasteiger charge is 2.22. The van der Waals surface area contributed by atoms with Crippen LogP contribution in [0.15, 0.2) is 24.4 Å². The molecule has 0 aromatic carbocycles. The van der Waals surface area contributed by atoms with Crippen molar-refractivity contribution in [2.75, 3.05) is 0 Å². The first kappa shape index (κ1) is 11.2. The van der Waals surface area contributed by atoms with Crippen LogP contribution in [-0.2, 0) is 5.54 Å². The molecule has 1 nitrogen and oxygen atoms in total. The van der Waals surface area contributed by atoms with Gasteiger partial charge in [-0.15, -0.1) is 0 Å². The van der Waals surface area contributed by atoms with Gasteiger partial charge < -0.3 is 0 Å². The molecule has 1 heteroatoms. The summed E-state index contributed by atoms with van der Waals surface area (Å²) in [6, 6.07) is 6.26. The Bertz CT molecular complexity index is 245. The van der Waals surface area contributed by atoms with Crippen LogP contribution >= 0.6 is 0 Å². The molecule has 0 atom stereocenters. The summed E-state index contributed by atoms with van der Waals surface area (Å²) in [5.74, 6) is 0. The van der Waals surface area contributed by atoms with Crippen LogP contribution in [0.25, 0.3) is 0 Å². The third-order valence-electron chi connectivity index (χ3n) is 1.79. The number of aryl methyl sites for hydroxylation is 1. The molecule has 0 fully saturated rings. The van der Waals surface area contributed by atoms with Crippen LogP contribution in [0.5, 0.6) is 0 Å². The predicted molar refractivity (Wildman–Crippen MR) is 53.1 cm³/mol. The summed E-state index contributed by atoms with van der Waals surface area (Å²) in [4.78, 5) is 0. The van der Waals surface area contributed by atoms with Crippen molar-refractivity contribution in [2.24, 2.45) is 0 Å². The van der Waals surface area contributed by atoms with E-state index in [4.69, 9.17) is 0 Å². The fourth-order valence-corrected chi connectivity index (χ4v) is 1.28. The Kier molecular flexibility index (Phi) is 3.44. The maximum atomic E-state index is 2.27. The molecule has 0 bridgehead atoms. The number of nitrogens with zero attached hydrogens (tertiary/aromatic N) is 1. The van der Waals surface area contributed by atoms with Crippen molar-refractivity contribution in [1.82, 2.24) is 0 Å². The van der Waals surface area contributed by atoms with E-state index in [1.54, 1.807) is 0 Å². The lowest BCUT2D eigenvalue weighted by molar-refractivity contribution is -0.759. The molecule has 1 heterocycles. The van der Waals surface area contributed by atoms with Gasteiger partial charge in [0.25, 0.3) is 0 Å². The molecule has 0 aliphatic heterocycles. The molecule has 12 heavy (non-hydrogen) atoms. The van der Waals surface area contributed by atoms with Crippen molar-refractivity contribution < 1.29 is 4.57 Å². The minimum atomic E-state index is 0. The van der Waals surface area contributed by atoms with Gasteiger partial charge in [-0.1, -0.05) is 13.5 Å². The molecule has 0 aliphatic rings. The fourth-order valence-electron chi connectivity index (χ4n) is 1.28. The van der Waals surface area contributed by atoms with Gasteiger partial charge in [-0.2, -0.15) is 4.57 Å². The molecular formula is C11H20N+. The largest absolute Gasteiger partial charge is 0.198 e. The van der Waals surface area contributed by atoms with Crippen LogP contribution in [0, 0.1) is 6.92 Å². The lowest BCUT2D eigenvalue weighted by Gasteiger charge is -2.14. The first-order chi connectivity index (χ1) is 5.02. The molecule has 0 spiro atoms. The van der Waals surface area contributed by atoms with Crippen molar-refractivity contribution in [3.8, 4) is 0 Å². The quantitative estimate of drug-likeness (QED) is 0.522. The Balaban J connectivity index is 0.00000121. The zero-order valence-corrected chi connectivity index (χ0v) is 7.76. The van der Waals surface area contributed by atoms with Crippen molar-refractivity contribution in [3.63, 3.8) is 0 Å². The topological polar surface area (TPSA) is 3.88 Å². The highest BCUT2D eigenvalue weighted by molar-refractivity contribution is 4.94. The number of aromatic nitrogens is 1. The number of hydrogen-bond acceptors (Lipinski definition) is 0. The van der Waals surface area contributed by atoms with Crippen molar-refractivity contribution in [1.29, 1.82) is 0 Å². The molecule has 1 rings (SSSR count). The summed E-state index contributed by atoms with van der Waals surface area (Å²) in [6.45, 7) is 8.76. The van der Waals surface area contributed by atoms with Crippen molar-refractivity contribution in [3.05, 3.63) is 30.1 Å². The number of hydrogen-bond donors (Lipinski definition) is 0. The standard InChI is InChI=1S/C10H16N.CH4/c1-9-7-5-6-8-11(9)10(2,3)4;/h5-8H,1-4H3;1H4/q+1;. The van der Waals surface area contributed by atoms with Crippen LogP contribution in [0.4, 0.5) is 0 Å². The Hall–Kier alpha value is -0.850. The van der Waals surface area contributed by atoms with E-state index < -0.39 is 0 Å². The van der Waals surface area contributed by atoms with Gasteiger partial charge in [0, 0.05) is 39.8 Å². The molecule has 1 aromatic heterocycles. The van der Waals surface area contributed by atoms with E-state index in [-0.39, 0.29) is 13.0 Å². The van der Waals surface area contributed by atoms with Crippen LogP contribution in [-0.4, -0.2) is 0 Å². The van der Waals surface area contributed by atoms with Gasteiger partial charge >= 0.3 is 0 Å². The second kappa shape index (κ2) is 3.70. The highest BCUT2D eigenvalue weighted by atomic mass is 15.0. The molecule has 0 N–H and O–H groups in total. The minimum Gasteiger partial charge on any atom is -0.198 e. The lowest BCUT2D eigenvalue weighted by Crippen LogP contribution is -2.51. The number of rotatable bonds is 0. The van der Waals surface area contributed by atoms with Crippen molar-refractivity contribution in [2.45, 2.75) is 40.7 Å². The summed E-state index contributed by atoms with van der Waals surface area (Å²) >= 11 is 0. The minimum absolute atomic E-state index is 0. The molecule has 0 radical (unpaired) electrons. The molecule has 0 unspecified atom stereocenters. The SMILES string of the molecule is C.Cc1cccc[n+]1C(C)(C)C. The van der Waals surface area contributed by atoms with Gasteiger partial charge in [0.2, 0.25) is 0 Å². The van der Waals surface area contributed by atoms with E-state index >= 15 is 0 Å². The summed E-state index contributed by atoms with van der Waals surface area (Å²) in [5, 5.41) is 0. The molecule has 0 amide bonds. The predicted octanol–water partition coefficient (Wildman–Crippen LogP) is 2.67. The highest BCUT2D eigenvalue weighted by Crippen LogP contribution is 2.04.